The normalized spacial score (nSPS) is 15.5. The van der Waals surface area contributed by atoms with E-state index in [0.29, 0.717) is 31.1 Å². The zero-order valence-corrected chi connectivity index (χ0v) is 22.7. The van der Waals surface area contributed by atoms with E-state index in [0.717, 1.165) is 60.7 Å². The summed E-state index contributed by atoms with van der Waals surface area (Å²) in [6, 6.07) is 15.3. The van der Waals surface area contributed by atoms with Gasteiger partial charge in [0, 0.05) is 61.9 Å². The third-order valence-corrected chi connectivity index (χ3v) is 7.12. The number of methoxy groups -OCH3 is 2. The maximum atomic E-state index is 13.5. The number of nitrogens with zero attached hydrogens (tertiary/aromatic N) is 6. The quantitative estimate of drug-likeness (QED) is 0.311. The molecule has 1 atom stereocenters. The summed E-state index contributed by atoms with van der Waals surface area (Å²) in [4.78, 5) is 21.2. The predicted molar refractivity (Wildman–Crippen MR) is 147 cm³/mol. The maximum absolute atomic E-state index is 13.5. The lowest BCUT2D eigenvalue weighted by molar-refractivity contribution is 0.0979. The SMILES string of the molecule is CCOc1ccc2[nH]c(=O)c(C(c3nnnn3CCOC)N3CCN(Cc4ccccc4OC)CC3)cc2c1. The number of para-hydroxylation sites is 1. The van der Waals surface area contributed by atoms with Gasteiger partial charge >= 0.3 is 0 Å². The molecule has 1 aliphatic heterocycles. The Kier molecular flexibility index (Phi) is 8.50. The van der Waals surface area contributed by atoms with E-state index in [1.165, 1.54) is 0 Å². The topological polar surface area (TPSA) is 111 Å². The highest BCUT2D eigenvalue weighted by Gasteiger charge is 2.32. The van der Waals surface area contributed by atoms with Gasteiger partial charge in [-0.2, -0.15) is 0 Å². The van der Waals surface area contributed by atoms with Gasteiger partial charge in [-0.25, -0.2) is 4.68 Å². The third kappa shape index (κ3) is 5.95. The second kappa shape index (κ2) is 12.4. The van der Waals surface area contributed by atoms with Crippen LogP contribution in [-0.2, 0) is 17.8 Å². The van der Waals surface area contributed by atoms with Crippen molar-refractivity contribution in [1.82, 2.24) is 35.0 Å². The molecule has 2 aromatic heterocycles. The van der Waals surface area contributed by atoms with Crippen LogP contribution in [0.15, 0.2) is 53.3 Å². The highest BCUT2D eigenvalue weighted by molar-refractivity contribution is 5.80. The predicted octanol–water partition coefficient (Wildman–Crippen LogP) is 2.48. The molecule has 1 unspecified atom stereocenters. The Labute approximate surface area is 227 Å². The lowest BCUT2D eigenvalue weighted by Crippen LogP contribution is -2.48. The van der Waals surface area contributed by atoms with Gasteiger partial charge < -0.3 is 19.2 Å². The Balaban J connectivity index is 1.46. The van der Waals surface area contributed by atoms with Crippen LogP contribution in [0.4, 0.5) is 0 Å². The molecule has 0 radical (unpaired) electrons. The van der Waals surface area contributed by atoms with Gasteiger partial charge in [-0.1, -0.05) is 18.2 Å². The van der Waals surface area contributed by atoms with Crippen molar-refractivity contribution in [3.8, 4) is 11.5 Å². The number of nitrogens with one attached hydrogen (secondary N) is 1. The van der Waals surface area contributed by atoms with Crippen LogP contribution < -0.4 is 15.0 Å². The second-order valence-corrected chi connectivity index (χ2v) is 9.52. The van der Waals surface area contributed by atoms with Gasteiger partial charge in [0.1, 0.15) is 17.5 Å². The van der Waals surface area contributed by atoms with E-state index in [1.54, 1.807) is 18.9 Å². The van der Waals surface area contributed by atoms with E-state index in [1.807, 2.05) is 49.4 Å². The first-order valence-corrected chi connectivity index (χ1v) is 13.2. The smallest absolute Gasteiger partial charge is 0.253 e. The van der Waals surface area contributed by atoms with E-state index in [4.69, 9.17) is 14.2 Å². The second-order valence-electron chi connectivity index (χ2n) is 9.52. The minimum atomic E-state index is -0.422. The fourth-order valence-corrected chi connectivity index (χ4v) is 5.16. The Morgan fingerprint density at radius 2 is 1.87 bits per heavy atom. The number of hydrogen-bond donors (Lipinski definition) is 1. The summed E-state index contributed by atoms with van der Waals surface area (Å²) in [5.74, 6) is 2.27. The maximum Gasteiger partial charge on any atom is 0.253 e. The standard InChI is InChI=1S/C28H35N7O4/c1-4-39-22-9-10-24-21(17-22)18-23(28(36)29-24)26(27-30-31-32-35(27)15-16-37-2)34-13-11-33(12-14-34)19-20-7-5-6-8-25(20)38-3/h5-10,17-18,26H,4,11-16,19H2,1-3H3,(H,29,36). The monoisotopic (exact) mass is 533 g/mol. The number of rotatable bonds is 11. The fraction of sp³-hybridized carbons (Fsp3) is 0.429. The molecule has 0 bridgehead atoms. The van der Waals surface area contributed by atoms with Gasteiger partial charge in [0.05, 0.1) is 26.9 Å². The van der Waals surface area contributed by atoms with Gasteiger partial charge in [0.25, 0.3) is 5.56 Å². The van der Waals surface area contributed by atoms with Gasteiger partial charge in [-0.3, -0.25) is 14.6 Å². The van der Waals surface area contributed by atoms with Crippen molar-refractivity contribution in [1.29, 1.82) is 0 Å². The first-order valence-electron chi connectivity index (χ1n) is 13.2. The van der Waals surface area contributed by atoms with Crippen molar-refractivity contribution in [2.75, 3.05) is 53.6 Å². The molecule has 1 N–H and O–H groups in total. The molecule has 11 heteroatoms. The van der Waals surface area contributed by atoms with Crippen LogP contribution in [0.5, 0.6) is 11.5 Å². The van der Waals surface area contributed by atoms with Gasteiger partial charge in [-0.05, 0) is 47.7 Å². The number of fused-ring (bicyclic) bond motifs is 1. The van der Waals surface area contributed by atoms with Crippen LogP contribution in [0.1, 0.15) is 29.9 Å². The van der Waals surface area contributed by atoms with Crippen LogP contribution in [0.2, 0.25) is 0 Å². The minimum absolute atomic E-state index is 0.158. The first-order chi connectivity index (χ1) is 19.1. The summed E-state index contributed by atoms with van der Waals surface area (Å²) in [5.41, 5.74) is 2.35. The summed E-state index contributed by atoms with van der Waals surface area (Å²) in [7, 11) is 3.35. The number of hydrogen-bond acceptors (Lipinski definition) is 9. The summed E-state index contributed by atoms with van der Waals surface area (Å²) < 4.78 is 18.3. The lowest BCUT2D eigenvalue weighted by Gasteiger charge is -2.38. The van der Waals surface area contributed by atoms with Crippen molar-refractivity contribution in [2.45, 2.75) is 26.1 Å². The lowest BCUT2D eigenvalue weighted by atomic mass is 10.0. The largest absolute Gasteiger partial charge is 0.496 e. The highest BCUT2D eigenvalue weighted by Crippen LogP contribution is 2.29. The Morgan fingerprint density at radius 1 is 1.05 bits per heavy atom. The van der Waals surface area contributed by atoms with Crippen molar-refractivity contribution in [3.63, 3.8) is 0 Å². The third-order valence-electron chi connectivity index (χ3n) is 7.12. The summed E-state index contributed by atoms with van der Waals surface area (Å²) in [6.45, 7) is 7.41. The molecule has 1 aliphatic rings. The van der Waals surface area contributed by atoms with E-state index < -0.39 is 6.04 Å². The number of tetrazole rings is 1. The van der Waals surface area contributed by atoms with E-state index in [-0.39, 0.29) is 5.56 Å². The molecule has 1 saturated heterocycles. The number of H-pyrrole nitrogens is 1. The van der Waals surface area contributed by atoms with Gasteiger partial charge in [0.15, 0.2) is 5.82 Å². The average molecular weight is 534 g/mol. The molecular weight excluding hydrogens is 498 g/mol. The van der Waals surface area contributed by atoms with Gasteiger partial charge in [0.2, 0.25) is 0 Å². The molecule has 4 aromatic rings. The number of piperazine rings is 1. The van der Waals surface area contributed by atoms with Gasteiger partial charge in [-0.15, -0.1) is 5.10 Å². The molecule has 0 amide bonds. The van der Waals surface area contributed by atoms with Crippen LogP contribution >= 0.6 is 0 Å². The van der Waals surface area contributed by atoms with Crippen LogP contribution in [-0.4, -0.2) is 88.6 Å². The number of pyridine rings is 1. The molecule has 2 aromatic carbocycles. The summed E-state index contributed by atoms with van der Waals surface area (Å²) in [6.07, 6.45) is 0. The van der Waals surface area contributed by atoms with Crippen molar-refractivity contribution < 1.29 is 14.2 Å². The number of aromatic amines is 1. The minimum Gasteiger partial charge on any atom is -0.496 e. The molecular formula is C28H35N7O4. The van der Waals surface area contributed by atoms with Crippen LogP contribution in [0, 0.1) is 0 Å². The Hall–Kier alpha value is -3.80. The molecule has 3 heterocycles. The molecule has 0 aliphatic carbocycles. The van der Waals surface area contributed by atoms with Crippen molar-refractivity contribution in [2.24, 2.45) is 0 Å². The Bertz CT molecular complexity index is 1450. The molecule has 11 nitrogen and oxygen atoms in total. The van der Waals surface area contributed by atoms with Crippen LogP contribution in [0.3, 0.4) is 0 Å². The zero-order chi connectivity index (χ0) is 27.2. The molecule has 0 spiro atoms. The number of ether oxygens (including phenoxy) is 3. The molecule has 39 heavy (non-hydrogen) atoms. The number of benzene rings is 2. The summed E-state index contributed by atoms with van der Waals surface area (Å²) in [5, 5.41) is 13.5. The molecule has 206 valence electrons. The fourth-order valence-electron chi connectivity index (χ4n) is 5.16. The molecule has 0 saturated carbocycles. The molecule has 1 fully saturated rings. The average Bonchev–Trinajstić information content (AvgIpc) is 3.42. The summed E-state index contributed by atoms with van der Waals surface area (Å²) >= 11 is 0. The van der Waals surface area contributed by atoms with Crippen molar-refractivity contribution >= 4 is 10.9 Å². The molecule has 5 rings (SSSR count). The van der Waals surface area contributed by atoms with E-state index in [9.17, 15) is 4.79 Å². The van der Waals surface area contributed by atoms with Crippen LogP contribution in [0.25, 0.3) is 10.9 Å². The van der Waals surface area contributed by atoms with E-state index >= 15 is 0 Å². The van der Waals surface area contributed by atoms with Crippen molar-refractivity contribution in [3.05, 3.63) is 75.8 Å². The number of aromatic nitrogens is 5. The van der Waals surface area contributed by atoms with E-state index in [2.05, 4.69) is 36.4 Å². The zero-order valence-electron chi connectivity index (χ0n) is 22.7. The highest BCUT2D eigenvalue weighted by atomic mass is 16.5. The first kappa shape index (κ1) is 26.8. The Morgan fingerprint density at radius 3 is 2.64 bits per heavy atom.